The summed E-state index contributed by atoms with van der Waals surface area (Å²) in [6.07, 6.45) is 5.02. The second kappa shape index (κ2) is 5.60. The lowest BCUT2D eigenvalue weighted by Crippen LogP contribution is -2.49. The molecule has 2 aliphatic rings. The van der Waals surface area contributed by atoms with E-state index in [-0.39, 0.29) is 12.3 Å². The summed E-state index contributed by atoms with van der Waals surface area (Å²) in [6, 6.07) is 8.27. The number of hydrogen-bond donors (Lipinski definition) is 1. The number of amides is 3. The second-order valence-electron chi connectivity index (χ2n) is 5.42. The molecule has 0 bridgehead atoms. The highest BCUT2D eigenvalue weighted by atomic mass is 16.2. The van der Waals surface area contributed by atoms with Crippen LogP contribution in [0.3, 0.4) is 0 Å². The molecule has 1 aliphatic carbocycles. The van der Waals surface area contributed by atoms with Crippen LogP contribution < -0.4 is 5.73 Å². The second-order valence-corrected chi connectivity index (χ2v) is 5.42. The SMILES string of the molecule is NC(=O)[C@H](Cc1ccccc1)N1C(=O)C2=C(CCC=C2)C1=O. The van der Waals surface area contributed by atoms with E-state index in [1.807, 2.05) is 36.4 Å². The van der Waals surface area contributed by atoms with Gasteiger partial charge in [-0.05, 0) is 18.4 Å². The predicted molar refractivity (Wildman–Crippen MR) is 80.4 cm³/mol. The van der Waals surface area contributed by atoms with Crippen molar-refractivity contribution in [3.63, 3.8) is 0 Å². The van der Waals surface area contributed by atoms with Crippen LogP contribution in [0.4, 0.5) is 0 Å². The molecule has 1 aromatic carbocycles. The zero-order valence-electron chi connectivity index (χ0n) is 12.0. The van der Waals surface area contributed by atoms with E-state index in [0.717, 1.165) is 16.9 Å². The van der Waals surface area contributed by atoms with Gasteiger partial charge in [0.05, 0.1) is 0 Å². The van der Waals surface area contributed by atoms with Crippen molar-refractivity contribution >= 4 is 17.7 Å². The fourth-order valence-corrected chi connectivity index (χ4v) is 2.89. The van der Waals surface area contributed by atoms with E-state index >= 15 is 0 Å². The molecular weight excluding hydrogens is 280 g/mol. The van der Waals surface area contributed by atoms with E-state index in [9.17, 15) is 14.4 Å². The summed E-state index contributed by atoms with van der Waals surface area (Å²) in [5, 5.41) is 0. The van der Waals surface area contributed by atoms with Crippen molar-refractivity contribution in [2.24, 2.45) is 5.73 Å². The van der Waals surface area contributed by atoms with Crippen molar-refractivity contribution < 1.29 is 14.4 Å². The molecule has 3 amide bonds. The van der Waals surface area contributed by atoms with E-state index in [1.165, 1.54) is 0 Å². The van der Waals surface area contributed by atoms with Gasteiger partial charge in [-0.25, -0.2) is 0 Å². The van der Waals surface area contributed by atoms with Crippen molar-refractivity contribution in [1.29, 1.82) is 0 Å². The Morgan fingerprint density at radius 3 is 2.55 bits per heavy atom. The minimum Gasteiger partial charge on any atom is -0.368 e. The summed E-state index contributed by atoms with van der Waals surface area (Å²) in [6.45, 7) is 0. The van der Waals surface area contributed by atoms with Gasteiger partial charge in [-0.2, -0.15) is 0 Å². The molecule has 0 aromatic heterocycles. The molecule has 0 saturated heterocycles. The number of benzene rings is 1. The average molecular weight is 296 g/mol. The number of primary amides is 1. The summed E-state index contributed by atoms with van der Waals surface area (Å²) in [7, 11) is 0. The third-order valence-corrected chi connectivity index (χ3v) is 4.01. The largest absolute Gasteiger partial charge is 0.368 e. The van der Waals surface area contributed by atoms with Crippen molar-refractivity contribution in [3.8, 4) is 0 Å². The van der Waals surface area contributed by atoms with Gasteiger partial charge < -0.3 is 5.73 Å². The van der Waals surface area contributed by atoms with Crippen LogP contribution in [0.5, 0.6) is 0 Å². The van der Waals surface area contributed by atoms with Crippen molar-refractivity contribution in [2.75, 3.05) is 0 Å². The average Bonchev–Trinajstić information content (AvgIpc) is 2.78. The maximum absolute atomic E-state index is 12.5. The first kappa shape index (κ1) is 14.3. The Bertz CT molecular complexity index is 704. The van der Waals surface area contributed by atoms with Gasteiger partial charge in [0.2, 0.25) is 5.91 Å². The van der Waals surface area contributed by atoms with Crippen LogP contribution in [-0.4, -0.2) is 28.7 Å². The Morgan fingerprint density at radius 1 is 1.18 bits per heavy atom. The molecule has 1 atom stereocenters. The highest BCUT2D eigenvalue weighted by Crippen LogP contribution is 2.31. The molecule has 2 N–H and O–H groups in total. The number of imide groups is 1. The Hall–Kier alpha value is -2.69. The van der Waals surface area contributed by atoms with Crippen molar-refractivity contribution in [3.05, 3.63) is 59.2 Å². The number of nitrogens with zero attached hydrogens (tertiary/aromatic N) is 1. The van der Waals surface area contributed by atoms with Crippen molar-refractivity contribution in [1.82, 2.24) is 4.90 Å². The summed E-state index contributed by atoms with van der Waals surface area (Å²) >= 11 is 0. The third kappa shape index (κ3) is 2.35. The fraction of sp³-hybridized carbons (Fsp3) is 0.235. The maximum Gasteiger partial charge on any atom is 0.261 e. The molecule has 0 radical (unpaired) electrons. The Balaban J connectivity index is 1.90. The summed E-state index contributed by atoms with van der Waals surface area (Å²) in [5.41, 5.74) is 7.20. The quantitative estimate of drug-likeness (QED) is 0.845. The lowest BCUT2D eigenvalue weighted by Gasteiger charge is -2.24. The molecule has 0 saturated carbocycles. The van der Waals surface area contributed by atoms with Gasteiger partial charge >= 0.3 is 0 Å². The normalized spacial score (nSPS) is 18.6. The van der Waals surface area contributed by atoms with Crippen LogP contribution in [0, 0.1) is 0 Å². The van der Waals surface area contributed by atoms with Crippen LogP contribution in [-0.2, 0) is 20.8 Å². The zero-order valence-corrected chi connectivity index (χ0v) is 12.0. The number of allylic oxidation sites excluding steroid dienone is 1. The van der Waals surface area contributed by atoms with E-state index in [4.69, 9.17) is 5.73 Å². The summed E-state index contributed by atoms with van der Waals surface area (Å²) in [4.78, 5) is 37.8. The Morgan fingerprint density at radius 2 is 1.91 bits per heavy atom. The van der Waals surface area contributed by atoms with Crippen LogP contribution in [0.1, 0.15) is 18.4 Å². The van der Waals surface area contributed by atoms with Crippen LogP contribution in [0.15, 0.2) is 53.6 Å². The standard InChI is InChI=1S/C17H16N2O3/c18-15(20)14(10-11-6-2-1-3-7-11)19-16(21)12-8-4-5-9-13(12)17(19)22/h1-4,6-8,14H,5,9-10H2,(H2,18,20)/t14-/m0/s1. The predicted octanol–water partition coefficient (Wildman–Crippen LogP) is 1.10. The van der Waals surface area contributed by atoms with E-state index in [1.54, 1.807) is 6.08 Å². The van der Waals surface area contributed by atoms with Gasteiger partial charge in [0.15, 0.2) is 0 Å². The van der Waals surface area contributed by atoms with Gasteiger partial charge in [0.25, 0.3) is 11.8 Å². The molecule has 22 heavy (non-hydrogen) atoms. The van der Waals surface area contributed by atoms with E-state index in [2.05, 4.69) is 0 Å². The van der Waals surface area contributed by atoms with Crippen LogP contribution in [0.2, 0.25) is 0 Å². The molecule has 0 fully saturated rings. The molecule has 1 heterocycles. The highest BCUT2D eigenvalue weighted by Gasteiger charge is 2.43. The van der Waals surface area contributed by atoms with Gasteiger partial charge in [-0.1, -0.05) is 42.5 Å². The Kier molecular flexibility index (Phi) is 3.63. The number of carbonyl (C=O) groups is 3. The number of nitrogens with two attached hydrogens (primary N) is 1. The van der Waals surface area contributed by atoms with Gasteiger partial charge in [-0.15, -0.1) is 0 Å². The van der Waals surface area contributed by atoms with Gasteiger partial charge in [0.1, 0.15) is 6.04 Å². The lowest BCUT2D eigenvalue weighted by atomic mass is 10.00. The van der Waals surface area contributed by atoms with E-state index < -0.39 is 17.9 Å². The van der Waals surface area contributed by atoms with Gasteiger partial charge in [0, 0.05) is 17.6 Å². The molecule has 112 valence electrons. The topological polar surface area (TPSA) is 80.5 Å². The molecule has 0 spiro atoms. The molecule has 1 aromatic rings. The summed E-state index contributed by atoms with van der Waals surface area (Å²) < 4.78 is 0. The molecular formula is C17H16N2O3. The minimum absolute atomic E-state index is 0.234. The Labute approximate surface area is 128 Å². The first-order valence-electron chi connectivity index (χ1n) is 7.20. The van der Waals surface area contributed by atoms with Crippen LogP contribution >= 0.6 is 0 Å². The fourth-order valence-electron chi connectivity index (χ4n) is 2.89. The minimum atomic E-state index is -0.957. The molecule has 3 rings (SSSR count). The summed E-state index contributed by atoms with van der Waals surface area (Å²) in [5.74, 6) is -1.48. The van der Waals surface area contributed by atoms with Gasteiger partial charge in [-0.3, -0.25) is 19.3 Å². The smallest absolute Gasteiger partial charge is 0.261 e. The number of hydrogen-bond acceptors (Lipinski definition) is 3. The maximum atomic E-state index is 12.5. The monoisotopic (exact) mass is 296 g/mol. The molecule has 5 nitrogen and oxygen atoms in total. The third-order valence-electron chi connectivity index (χ3n) is 4.01. The molecule has 0 unspecified atom stereocenters. The lowest BCUT2D eigenvalue weighted by molar-refractivity contribution is -0.145. The first-order chi connectivity index (χ1) is 10.6. The first-order valence-corrected chi connectivity index (χ1v) is 7.20. The van der Waals surface area contributed by atoms with E-state index in [0.29, 0.717) is 17.6 Å². The molecule has 1 aliphatic heterocycles. The zero-order chi connectivity index (χ0) is 15.7. The van der Waals surface area contributed by atoms with Crippen molar-refractivity contribution in [2.45, 2.75) is 25.3 Å². The number of carbonyl (C=O) groups excluding carboxylic acids is 3. The van der Waals surface area contributed by atoms with Crippen LogP contribution in [0.25, 0.3) is 0 Å². The highest BCUT2D eigenvalue weighted by molar-refractivity contribution is 6.22. The number of rotatable bonds is 4. The molecule has 5 heteroatoms.